The van der Waals surface area contributed by atoms with Gasteiger partial charge in [-0.05, 0) is 31.5 Å². The van der Waals surface area contributed by atoms with E-state index in [1.54, 1.807) is 6.92 Å². The summed E-state index contributed by atoms with van der Waals surface area (Å²) in [5, 5.41) is 12.3. The summed E-state index contributed by atoms with van der Waals surface area (Å²) < 4.78 is 4.95. The van der Waals surface area contributed by atoms with Gasteiger partial charge in [-0.1, -0.05) is 29.3 Å². The second-order valence-corrected chi connectivity index (χ2v) is 5.06. The molecule has 1 aromatic carbocycles. The van der Waals surface area contributed by atoms with Crippen LogP contribution >= 0.6 is 23.2 Å². The number of amides is 1. The normalized spacial score (nSPS) is 13.6. The predicted molar refractivity (Wildman–Crippen MR) is 76.1 cm³/mol. The van der Waals surface area contributed by atoms with E-state index in [2.05, 4.69) is 5.32 Å². The molecular formula is C13H15Cl2NO4. The number of rotatable bonds is 6. The first-order valence-corrected chi connectivity index (χ1v) is 6.64. The van der Waals surface area contributed by atoms with Crippen molar-refractivity contribution in [3.8, 4) is 0 Å². The minimum absolute atomic E-state index is 0.208. The van der Waals surface area contributed by atoms with Crippen LogP contribution in [0.25, 0.3) is 0 Å². The van der Waals surface area contributed by atoms with Crippen molar-refractivity contribution >= 4 is 35.1 Å². The van der Waals surface area contributed by atoms with Crippen LogP contribution in [0.4, 0.5) is 0 Å². The van der Waals surface area contributed by atoms with Gasteiger partial charge in [-0.15, -0.1) is 0 Å². The largest absolute Gasteiger partial charge is 0.479 e. The standard InChI is InChI=1S/C13H15Cl2NO4/c1-3-20-7-11(17)16-13(2,12(18)19)8-4-5-9(14)10(15)6-8/h4-6H,3,7H2,1-2H3,(H,16,17)(H,18,19). The fraction of sp³-hybridized carbons (Fsp3) is 0.385. The van der Waals surface area contributed by atoms with Crippen molar-refractivity contribution in [2.75, 3.05) is 13.2 Å². The number of ether oxygens (including phenoxy) is 1. The number of carboxylic acid groups (broad SMARTS) is 1. The van der Waals surface area contributed by atoms with E-state index in [0.717, 1.165) is 0 Å². The van der Waals surface area contributed by atoms with Crippen LogP contribution in [-0.2, 0) is 19.9 Å². The molecular weight excluding hydrogens is 305 g/mol. The third-order valence-corrected chi connectivity index (χ3v) is 3.49. The fourth-order valence-corrected chi connectivity index (χ4v) is 1.86. The lowest BCUT2D eigenvalue weighted by Gasteiger charge is -2.27. The second-order valence-electron chi connectivity index (χ2n) is 4.24. The number of aliphatic carboxylic acids is 1. The van der Waals surface area contributed by atoms with Crippen LogP contribution in [-0.4, -0.2) is 30.2 Å². The van der Waals surface area contributed by atoms with Crippen LogP contribution in [0.3, 0.4) is 0 Å². The summed E-state index contributed by atoms with van der Waals surface area (Å²) in [6, 6.07) is 4.40. The van der Waals surface area contributed by atoms with Gasteiger partial charge in [-0.25, -0.2) is 4.79 Å². The summed E-state index contributed by atoms with van der Waals surface area (Å²) >= 11 is 11.7. The molecule has 0 heterocycles. The Balaban J connectivity index is 3.05. The Morgan fingerprint density at radius 3 is 2.50 bits per heavy atom. The quantitative estimate of drug-likeness (QED) is 0.844. The Hall–Kier alpha value is -1.30. The predicted octanol–water partition coefficient (Wildman–Crippen LogP) is 2.45. The second kappa shape index (κ2) is 6.92. The average molecular weight is 320 g/mol. The van der Waals surface area contributed by atoms with Gasteiger partial charge >= 0.3 is 5.97 Å². The third kappa shape index (κ3) is 3.85. The SMILES string of the molecule is CCOCC(=O)NC(C)(C(=O)O)c1ccc(Cl)c(Cl)c1. The molecule has 2 N–H and O–H groups in total. The molecule has 0 spiro atoms. The van der Waals surface area contributed by atoms with Crippen LogP contribution < -0.4 is 5.32 Å². The minimum Gasteiger partial charge on any atom is -0.479 e. The van der Waals surface area contributed by atoms with Crippen LogP contribution in [0.15, 0.2) is 18.2 Å². The zero-order valence-electron chi connectivity index (χ0n) is 11.1. The van der Waals surface area contributed by atoms with Crippen LogP contribution in [0.1, 0.15) is 19.4 Å². The van der Waals surface area contributed by atoms with Crippen molar-refractivity contribution < 1.29 is 19.4 Å². The lowest BCUT2D eigenvalue weighted by molar-refractivity contribution is -0.148. The molecule has 1 rings (SSSR count). The maximum absolute atomic E-state index is 11.7. The summed E-state index contributed by atoms with van der Waals surface area (Å²) in [6.45, 7) is 3.27. The molecule has 0 aliphatic heterocycles. The van der Waals surface area contributed by atoms with E-state index < -0.39 is 17.4 Å². The highest BCUT2D eigenvalue weighted by molar-refractivity contribution is 6.42. The highest BCUT2D eigenvalue weighted by atomic mass is 35.5. The first kappa shape index (κ1) is 16.8. The van der Waals surface area contributed by atoms with E-state index in [1.807, 2.05) is 0 Å². The molecule has 110 valence electrons. The summed E-state index contributed by atoms with van der Waals surface area (Å²) in [4.78, 5) is 23.2. The monoisotopic (exact) mass is 319 g/mol. The first-order valence-electron chi connectivity index (χ1n) is 5.89. The number of halogens is 2. The Morgan fingerprint density at radius 1 is 1.35 bits per heavy atom. The lowest BCUT2D eigenvalue weighted by atomic mass is 9.92. The maximum atomic E-state index is 11.7. The van der Waals surface area contributed by atoms with Crippen LogP contribution in [0.2, 0.25) is 10.0 Å². The Morgan fingerprint density at radius 2 is 2.00 bits per heavy atom. The van der Waals surface area contributed by atoms with Crippen LogP contribution in [0, 0.1) is 0 Å². The van der Waals surface area contributed by atoms with E-state index in [0.29, 0.717) is 17.2 Å². The van der Waals surface area contributed by atoms with Crippen molar-refractivity contribution in [2.24, 2.45) is 0 Å². The summed E-state index contributed by atoms with van der Waals surface area (Å²) in [5.74, 6) is -1.73. The molecule has 1 aromatic rings. The zero-order chi connectivity index (χ0) is 15.3. The fourth-order valence-electron chi connectivity index (χ4n) is 1.57. The highest BCUT2D eigenvalue weighted by Gasteiger charge is 2.37. The summed E-state index contributed by atoms with van der Waals surface area (Å²) in [7, 11) is 0. The molecule has 0 aromatic heterocycles. The van der Waals surface area contributed by atoms with E-state index >= 15 is 0 Å². The van der Waals surface area contributed by atoms with Gasteiger partial charge in [0.2, 0.25) is 5.91 Å². The first-order chi connectivity index (χ1) is 9.31. The van der Waals surface area contributed by atoms with Gasteiger partial charge < -0.3 is 15.2 Å². The van der Waals surface area contributed by atoms with E-state index in [9.17, 15) is 14.7 Å². The molecule has 0 radical (unpaired) electrons. The molecule has 1 amide bonds. The van der Waals surface area contributed by atoms with Gasteiger partial charge in [0.1, 0.15) is 6.61 Å². The molecule has 0 saturated heterocycles. The Kier molecular flexibility index (Phi) is 5.80. The lowest BCUT2D eigenvalue weighted by Crippen LogP contribution is -2.50. The maximum Gasteiger partial charge on any atom is 0.333 e. The van der Waals surface area contributed by atoms with Gasteiger partial charge in [0.15, 0.2) is 5.54 Å². The molecule has 0 aliphatic rings. The average Bonchev–Trinajstić information content (AvgIpc) is 2.39. The topological polar surface area (TPSA) is 75.6 Å². The summed E-state index contributed by atoms with van der Waals surface area (Å²) in [5.41, 5.74) is -1.29. The van der Waals surface area contributed by atoms with Crippen molar-refractivity contribution in [1.29, 1.82) is 0 Å². The van der Waals surface area contributed by atoms with Crippen LogP contribution in [0.5, 0.6) is 0 Å². The Labute approximate surface area is 126 Å². The molecule has 0 fully saturated rings. The van der Waals surface area contributed by atoms with Gasteiger partial charge in [0.05, 0.1) is 10.0 Å². The van der Waals surface area contributed by atoms with Crippen molar-refractivity contribution in [2.45, 2.75) is 19.4 Å². The third-order valence-electron chi connectivity index (χ3n) is 2.75. The minimum atomic E-state index is -1.61. The van der Waals surface area contributed by atoms with Gasteiger partial charge in [0, 0.05) is 6.61 Å². The highest BCUT2D eigenvalue weighted by Crippen LogP contribution is 2.29. The molecule has 1 atom stereocenters. The van der Waals surface area contributed by atoms with Gasteiger partial charge in [0.25, 0.3) is 0 Å². The number of carbonyl (C=O) groups is 2. The van der Waals surface area contributed by atoms with Gasteiger partial charge in [-0.2, -0.15) is 0 Å². The molecule has 5 nitrogen and oxygen atoms in total. The van der Waals surface area contributed by atoms with Crippen molar-refractivity contribution in [3.05, 3.63) is 33.8 Å². The Bertz CT molecular complexity index is 521. The molecule has 0 saturated carbocycles. The van der Waals surface area contributed by atoms with Crippen molar-refractivity contribution in [1.82, 2.24) is 5.32 Å². The number of carboxylic acids is 1. The molecule has 1 unspecified atom stereocenters. The molecule has 0 bridgehead atoms. The molecule has 7 heteroatoms. The summed E-state index contributed by atoms with van der Waals surface area (Å²) in [6.07, 6.45) is 0. The number of benzene rings is 1. The number of hydrogen-bond donors (Lipinski definition) is 2. The molecule has 0 aliphatic carbocycles. The number of hydrogen-bond acceptors (Lipinski definition) is 3. The number of carbonyl (C=O) groups excluding carboxylic acids is 1. The van der Waals surface area contributed by atoms with E-state index in [1.165, 1.54) is 25.1 Å². The van der Waals surface area contributed by atoms with Crippen molar-refractivity contribution in [3.63, 3.8) is 0 Å². The van der Waals surface area contributed by atoms with E-state index in [4.69, 9.17) is 27.9 Å². The number of nitrogens with one attached hydrogen (secondary N) is 1. The molecule has 20 heavy (non-hydrogen) atoms. The smallest absolute Gasteiger partial charge is 0.333 e. The van der Waals surface area contributed by atoms with Gasteiger partial charge in [-0.3, -0.25) is 4.79 Å². The van der Waals surface area contributed by atoms with E-state index in [-0.39, 0.29) is 11.6 Å². The zero-order valence-corrected chi connectivity index (χ0v) is 12.6.